The molecule has 0 aliphatic carbocycles. The maximum absolute atomic E-state index is 11.7. The summed E-state index contributed by atoms with van der Waals surface area (Å²) >= 11 is 0. The Balaban J connectivity index is 2.13. The smallest absolute Gasteiger partial charge is 0.356 e. The molecule has 0 bridgehead atoms. The highest BCUT2D eigenvalue weighted by molar-refractivity contribution is 5.84. The first-order valence-electron chi connectivity index (χ1n) is 5.86. The molecule has 0 aliphatic heterocycles. The van der Waals surface area contributed by atoms with E-state index in [0.717, 1.165) is 0 Å². The molecule has 0 saturated heterocycles. The minimum atomic E-state index is -2.54. The summed E-state index contributed by atoms with van der Waals surface area (Å²) in [5.74, 6) is -1.44. The number of halogens is 2. The molecule has 2 N–H and O–H groups in total. The Morgan fingerprint density at radius 1 is 1.50 bits per heavy atom. The van der Waals surface area contributed by atoms with Crippen LogP contribution in [0.15, 0.2) is 12.5 Å². The number of ether oxygens (including phenoxy) is 1. The Hall–Kier alpha value is -2.03. The van der Waals surface area contributed by atoms with Crippen molar-refractivity contribution in [2.45, 2.75) is 19.4 Å². The van der Waals surface area contributed by atoms with Crippen LogP contribution in [0.3, 0.4) is 0 Å². The quantitative estimate of drug-likeness (QED) is 0.641. The molecule has 1 aromatic rings. The summed E-state index contributed by atoms with van der Waals surface area (Å²) in [6.45, 7) is -0.0995. The number of nitrogens with one attached hydrogen (secondary N) is 1. The van der Waals surface area contributed by atoms with Crippen molar-refractivity contribution in [2.24, 2.45) is 0 Å². The molecular formula is C11H15F2N3O4. The second-order valence-corrected chi connectivity index (χ2v) is 3.87. The van der Waals surface area contributed by atoms with Gasteiger partial charge < -0.3 is 19.7 Å². The normalized spacial score (nSPS) is 10.8. The third-order valence-electron chi connectivity index (χ3n) is 2.26. The first-order valence-corrected chi connectivity index (χ1v) is 5.86. The summed E-state index contributed by atoms with van der Waals surface area (Å²) in [7, 11) is 0. The molecule has 1 aromatic heterocycles. The van der Waals surface area contributed by atoms with Crippen molar-refractivity contribution in [3.8, 4) is 0 Å². The zero-order valence-corrected chi connectivity index (χ0v) is 10.6. The molecule has 1 heterocycles. The van der Waals surface area contributed by atoms with Crippen molar-refractivity contribution in [1.82, 2.24) is 14.9 Å². The Morgan fingerprint density at radius 2 is 2.25 bits per heavy atom. The highest BCUT2D eigenvalue weighted by atomic mass is 19.3. The molecule has 0 atom stereocenters. The van der Waals surface area contributed by atoms with Crippen molar-refractivity contribution in [3.05, 3.63) is 18.2 Å². The van der Waals surface area contributed by atoms with Crippen LogP contribution in [-0.4, -0.2) is 52.7 Å². The molecule has 0 spiro atoms. The number of carbonyl (C=O) groups excluding carboxylic acids is 1. The van der Waals surface area contributed by atoms with Crippen LogP contribution >= 0.6 is 0 Å². The number of imidazole rings is 1. The maximum Gasteiger partial charge on any atom is 0.356 e. The summed E-state index contributed by atoms with van der Waals surface area (Å²) < 4.78 is 29.6. The Morgan fingerprint density at radius 3 is 2.85 bits per heavy atom. The Bertz CT molecular complexity index is 451. The molecule has 1 amide bonds. The molecule has 0 saturated carbocycles. The number of alkyl halides is 2. The standard InChI is InChI=1S/C11H15F2N3O4/c12-9(13)6-20-4-1-10(17)14-2-3-16-5-8(11(18)19)15-7-16/h5,7,9H,1-4,6H2,(H,14,17)(H,18,19). The molecule has 112 valence electrons. The van der Waals surface area contributed by atoms with E-state index in [1.54, 1.807) is 0 Å². The zero-order chi connectivity index (χ0) is 15.0. The molecule has 7 nitrogen and oxygen atoms in total. The number of amides is 1. The fourth-order valence-electron chi connectivity index (χ4n) is 1.34. The van der Waals surface area contributed by atoms with E-state index >= 15 is 0 Å². The number of carboxylic acid groups (broad SMARTS) is 1. The van der Waals surface area contributed by atoms with E-state index in [1.165, 1.54) is 17.1 Å². The maximum atomic E-state index is 11.7. The largest absolute Gasteiger partial charge is 0.476 e. The lowest BCUT2D eigenvalue weighted by Crippen LogP contribution is -2.28. The first kappa shape index (κ1) is 16.0. The number of aromatic carboxylic acids is 1. The van der Waals surface area contributed by atoms with E-state index < -0.39 is 19.0 Å². The van der Waals surface area contributed by atoms with Gasteiger partial charge in [-0.1, -0.05) is 0 Å². The summed E-state index contributed by atoms with van der Waals surface area (Å²) in [5, 5.41) is 11.2. The van der Waals surface area contributed by atoms with Crippen LogP contribution in [0.4, 0.5) is 8.78 Å². The summed E-state index contributed by atoms with van der Waals surface area (Å²) in [4.78, 5) is 25.5. The molecule has 9 heteroatoms. The number of rotatable bonds is 9. The van der Waals surface area contributed by atoms with E-state index in [-0.39, 0.29) is 31.2 Å². The second kappa shape index (κ2) is 8.20. The molecule has 0 aliphatic rings. The van der Waals surface area contributed by atoms with Crippen LogP contribution in [0.5, 0.6) is 0 Å². The Kier molecular flexibility index (Phi) is 6.57. The lowest BCUT2D eigenvalue weighted by Gasteiger charge is -2.06. The highest BCUT2D eigenvalue weighted by Crippen LogP contribution is 1.96. The summed E-state index contributed by atoms with van der Waals surface area (Å²) in [6.07, 6.45) is 0.154. The van der Waals surface area contributed by atoms with E-state index in [9.17, 15) is 18.4 Å². The van der Waals surface area contributed by atoms with Gasteiger partial charge in [-0.2, -0.15) is 0 Å². The average molecular weight is 291 g/mol. The minimum absolute atomic E-state index is 0.00295. The van der Waals surface area contributed by atoms with E-state index in [0.29, 0.717) is 6.54 Å². The number of aromatic nitrogens is 2. The second-order valence-electron chi connectivity index (χ2n) is 3.87. The van der Waals surface area contributed by atoms with Crippen molar-refractivity contribution in [2.75, 3.05) is 19.8 Å². The van der Waals surface area contributed by atoms with Gasteiger partial charge in [0, 0.05) is 25.7 Å². The van der Waals surface area contributed by atoms with E-state index in [4.69, 9.17) is 5.11 Å². The monoisotopic (exact) mass is 291 g/mol. The van der Waals surface area contributed by atoms with Crippen molar-refractivity contribution < 1.29 is 28.2 Å². The van der Waals surface area contributed by atoms with E-state index in [2.05, 4.69) is 15.0 Å². The van der Waals surface area contributed by atoms with Crippen molar-refractivity contribution >= 4 is 11.9 Å². The van der Waals surface area contributed by atoms with Crippen LogP contribution in [-0.2, 0) is 16.1 Å². The van der Waals surface area contributed by atoms with Gasteiger partial charge in [-0.25, -0.2) is 18.6 Å². The fraction of sp³-hybridized carbons (Fsp3) is 0.545. The number of hydrogen-bond donors (Lipinski definition) is 2. The number of nitrogens with zero attached hydrogens (tertiary/aromatic N) is 2. The van der Waals surface area contributed by atoms with Gasteiger partial charge in [0.15, 0.2) is 5.69 Å². The van der Waals surface area contributed by atoms with Crippen LogP contribution < -0.4 is 5.32 Å². The SMILES string of the molecule is O=C(CCOCC(F)F)NCCn1cnc(C(=O)O)c1. The topological polar surface area (TPSA) is 93.5 Å². The average Bonchev–Trinajstić information content (AvgIpc) is 2.83. The van der Waals surface area contributed by atoms with Crippen LogP contribution in [0, 0.1) is 0 Å². The molecule has 0 radical (unpaired) electrons. The van der Waals surface area contributed by atoms with Gasteiger partial charge in [0.2, 0.25) is 5.91 Å². The van der Waals surface area contributed by atoms with Gasteiger partial charge in [0.05, 0.1) is 12.9 Å². The van der Waals surface area contributed by atoms with Gasteiger partial charge in [-0.3, -0.25) is 4.79 Å². The summed E-state index contributed by atoms with van der Waals surface area (Å²) in [5.41, 5.74) is -0.0725. The minimum Gasteiger partial charge on any atom is -0.476 e. The van der Waals surface area contributed by atoms with Gasteiger partial charge in [-0.15, -0.1) is 0 Å². The number of carbonyl (C=O) groups is 2. The van der Waals surface area contributed by atoms with E-state index in [1.807, 2.05) is 0 Å². The Labute approximate surface area is 113 Å². The molecule has 0 unspecified atom stereocenters. The van der Waals surface area contributed by atoms with Crippen LogP contribution in [0.1, 0.15) is 16.9 Å². The fourth-order valence-corrected chi connectivity index (χ4v) is 1.34. The van der Waals surface area contributed by atoms with Crippen LogP contribution in [0.25, 0.3) is 0 Å². The van der Waals surface area contributed by atoms with Crippen LogP contribution in [0.2, 0.25) is 0 Å². The third-order valence-corrected chi connectivity index (χ3v) is 2.26. The lowest BCUT2D eigenvalue weighted by molar-refractivity contribution is -0.122. The van der Waals surface area contributed by atoms with Crippen molar-refractivity contribution in [1.29, 1.82) is 0 Å². The summed E-state index contributed by atoms with van der Waals surface area (Å²) in [6, 6.07) is 0. The van der Waals surface area contributed by atoms with Gasteiger partial charge >= 0.3 is 5.97 Å². The highest BCUT2D eigenvalue weighted by Gasteiger charge is 2.07. The molecule has 0 fully saturated rings. The molecule has 1 rings (SSSR count). The van der Waals surface area contributed by atoms with Gasteiger partial charge in [-0.05, 0) is 0 Å². The molecule has 20 heavy (non-hydrogen) atoms. The predicted octanol–water partition coefficient (Wildman–Crippen LogP) is 0.369. The molecular weight excluding hydrogens is 276 g/mol. The van der Waals surface area contributed by atoms with Crippen molar-refractivity contribution in [3.63, 3.8) is 0 Å². The predicted molar refractivity (Wildman–Crippen MR) is 63.6 cm³/mol. The number of carboxylic acids is 1. The van der Waals surface area contributed by atoms with Gasteiger partial charge in [0.1, 0.15) is 6.61 Å². The third kappa shape index (κ3) is 6.23. The zero-order valence-electron chi connectivity index (χ0n) is 10.6. The lowest BCUT2D eigenvalue weighted by atomic mass is 10.4. The number of hydrogen-bond acceptors (Lipinski definition) is 4. The molecule has 0 aromatic carbocycles. The first-order chi connectivity index (χ1) is 9.49. The van der Waals surface area contributed by atoms with Gasteiger partial charge in [0.25, 0.3) is 6.43 Å².